The van der Waals surface area contributed by atoms with Gasteiger partial charge in [-0.2, -0.15) is 0 Å². The normalized spacial score (nSPS) is 16.6. The Labute approximate surface area is 312 Å². The Bertz CT molecular complexity index is 919. The predicted molar refractivity (Wildman–Crippen MR) is 206 cm³/mol. The fourth-order valence-corrected chi connectivity index (χ4v) is 6.75. The summed E-state index contributed by atoms with van der Waals surface area (Å²) in [5, 5.41) is 0. The van der Waals surface area contributed by atoms with Crippen molar-refractivity contribution in [3.05, 3.63) is 12.2 Å². The van der Waals surface area contributed by atoms with Gasteiger partial charge in [0.2, 0.25) is 0 Å². The van der Waals surface area contributed by atoms with E-state index >= 15 is 0 Å². The SMILES string of the molecule is CCCCC/C=C\CC1OC1CCCCCCCC(=O)O[C@H](COC(=O)CCCCCCCCCCCCCCCCC(C)C)COP(=O)(O)O. The first-order chi connectivity index (χ1) is 24.6. The monoisotopic (exact) mass is 745 g/mol. The largest absolute Gasteiger partial charge is 0.469 e. The van der Waals surface area contributed by atoms with Crippen molar-refractivity contribution in [3.8, 4) is 0 Å². The lowest BCUT2D eigenvalue weighted by Crippen LogP contribution is -2.29. The summed E-state index contributed by atoms with van der Waals surface area (Å²) in [6, 6.07) is 0. The first kappa shape index (κ1) is 47.8. The van der Waals surface area contributed by atoms with E-state index < -0.39 is 32.5 Å². The van der Waals surface area contributed by atoms with Gasteiger partial charge in [0.25, 0.3) is 0 Å². The molecule has 2 N–H and O–H groups in total. The first-order valence-electron chi connectivity index (χ1n) is 21.0. The zero-order valence-corrected chi connectivity index (χ0v) is 33.8. The number of carbonyl (C=O) groups excluding carboxylic acids is 2. The van der Waals surface area contributed by atoms with Crippen LogP contribution < -0.4 is 0 Å². The number of allylic oxidation sites excluding steroid dienone is 1. The second kappa shape index (κ2) is 32.2. The number of phosphoric ester groups is 1. The van der Waals surface area contributed by atoms with Gasteiger partial charge in [0.15, 0.2) is 6.10 Å². The molecule has 1 rings (SSSR count). The lowest BCUT2D eigenvalue weighted by Gasteiger charge is -2.18. The minimum absolute atomic E-state index is 0.192. The van der Waals surface area contributed by atoms with Crippen molar-refractivity contribution in [2.75, 3.05) is 13.2 Å². The van der Waals surface area contributed by atoms with E-state index in [9.17, 15) is 14.2 Å². The molecule has 0 radical (unpaired) electrons. The van der Waals surface area contributed by atoms with Crippen LogP contribution in [0.25, 0.3) is 0 Å². The minimum atomic E-state index is -4.76. The topological polar surface area (TPSA) is 132 Å². The molecule has 0 aromatic heterocycles. The Morgan fingerprint density at radius 1 is 0.667 bits per heavy atom. The second-order valence-corrected chi connectivity index (χ2v) is 16.4. The third kappa shape index (κ3) is 33.1. The summed E-state index contributed by atoms with van der Waals surface area (Å²) in [5.74, 6) is -0.0688. The Balaban J connectivity index is 2.05. The molecule has 2 unspecified atom stereocenters. The van der Waals surface area contributed by atoms with E-state index in [0.717, 1.165) is 70.1 Å². The highest BCUT2D eigenvalue weighted by atomic mass is 31.2. The average molecular weight is 745 g/mol. The number of carbonyl (C=O) groups is 2. The Hall–Kier alpha value is -1.25. The van der Waals surface area contributed by atoms with Crippen molar-refractivity contribution >= 4 is 19.8 Å². The lowest BCUT2D eigenvalue weighted by molar-refractivity contribution is -0.161. The second-order valence-electron chi connectivity index (χ2n) is 15.2. The number of rotatable bonds is 37. The van der Waals surface area contributed by atoms with Crippen molar-refractivity contribution in [1.82, 2.24) is 0 Å². The van der Waals surface area contributed by atoms with Crippen LogP contribution in [0.1, 0.15) is 201 Å². The van der Waals surface area contributed by atoms with Crippen molar-refractivity contribution in [2.24, 2.45) is 5.92 Å². The number of hydrogen-bond acceptors (Lipinski definition) is 7. The van der Waals surface area contributed by atoms with Crippen LogP contribution in [0.5, 0.6) is 0 Å². The zero-order chi connectivity index (χ0) is 37.4. The van der Waals surface area contributed by atoms with Gasteiger partial charge in [-0.3, -0.25) is 14.1 Å². The maximum Gasteiger partial charge on any atom is 0.469 e. The van der Waals surface area contributed by atoms with Gasteiger partial charge in [-0.1, -0.05) is 161 Å². The fourth-order valence-electron chi connectivity index (χ4n) is 6.39. The third-order valence-electron chi connectivity index (χ3n) is 9.64. The maximum absolute atomic E-state index is 12.4. The summed E-state index contributed by atoms with van der Waals surface area (Å²) in [4.78, 5) is 42.9. The highest BCUT2D eigenvalue weighted by Gasteiger charge is 2.36. The summed E-state index contributed by atoms with van der Waals surface area (Å²) >= 11 is 0. The average Bonchev–Trinajstić information content (AvgIpc) is 3.84. The van der Waals surface area contributed by atoms with Gasteiger partial charge >= 0.3 is 19.8 Å². The Kier molecular flexibility index (Phi) is 30.2. The fraction of sp³-hybridized carbons (Fsp3) is 0.902. The summed E-state index contributed by atoms with van der Waals surface area (Å²) < 4.78 is 32.2. The summed E-state index contributed by atoms with van der Waals surface area (Å²) in [6.45, 7) is 5.99. The molecule has 1 heterocycles. The van der Waals surface area contributed by atoms with Gasteiger partial charge < -0.3 is 24.0 Å². The smallest absolute Gasteiger partial charge is 0.462 e. The van der Waals surface area contributed by atoms with Crippen LogP contribution in [0.4, 0.5) is 0 Å². The molecule has 3 atom stereocenters. The lowest BCUT2D eigenvalue weighted by atomic mass is 10.0. The number of hydrogen-bond donors (Lipinski definition) is 2. The quantitative estimate of drug-likeness (QED) is 0.0210. The summed E-state index contributed by atoms with van der Waals surface area (Å²) in [6.07, 6.45) is 35.2. The molecule has 0 bridgehead atoms. The Morgan fingerprint density at radius 3 is 1.75 bits per heavy atom. The molecular weight excluding hydrogens is 667 g/mol. The maximum atomic E-state index is 12.4. The van der Waals surface area contributed by atoms with Crippen LogP contribution in [0.15, 0.2) is 12.2 Å². The number of epoxide rings is 1. The molecule has 9 nitrogen and oxygen atoms in total. The van der Waals surface area contributed by atoms with Crippen molar-refractivity contribution in [2.45, 2.75) is 219 Å². The van der Waals surface area contributed by atoms with Gasteiger partial charge in [-0.25, -0.2) is 4.57 Å². The number of ether oxygens (including phenoxy) is 3. The van der Waals surface area contributed by atoms with Crippen molar-refractivity contribution in [1.29, 1.82) is 0 Å². The highest BCUT2D eigenvalue weighted by molar-refractivity contribution is 7.46. The van der Waals surface area contributed by atoms with E-state index in [4.69, 9.17) is 24.0 Å². The molecule has 1 aliphatic rings. The zero-order valence-electron chi connectivity index (χ0n) is 32.9. The van der Waals surface area contributed by atoms with E-state index in [2.05, 4.69) is 37.4 Å². The van der Waals surface area contributed by atoms with Crippen LogP contribution in [-0.4, -0.2) is 53.3 Å². The molecule has 51 heavy (non-hydrogen) atoms. The standard InChI is InChI=1S/C41H77O9P/c1-4-5-6-7-20-25-30-38-39(50-38)31-26-21-18-23-28-33-41(43)49-37(35-48-51(44,45)46)34-47-40(42)32-27-22-17-15-13-11-9-8-10-12-14-16-19-24-29-36(2)3/h20,25,36-39H,4-19,21-24,26-35H2,1-3H3,(H2,44,45,46)/b25-20-/t37-,38?,39?/m1/s1. The molecule has 10 heteroatoms. The molecule has 1 saturated heterocycles. The van der Waals surface area contributed by atoms with E-state index in [0.29, 0.717) is 18.6 Å². The molecule has 0 aliphatic carbocycles. The molecule has 300 valence electrons. The van der Waals surface area contributed by atoms with Gasteiger partial charge in [0, 0.05) is 12.8 Å². The van der Waals surface area contributed by atoms with E-state index in [1.54, 1.807) is 0 Å². The van der Waals surface area contributed by atoms with Crippen LogP contribution in [0.2, 0.25) is 0 Å². The number of phosphoric acid groups is 1. The van der Waals surface area contributed by atoms with Gasteiger partial charge in [-0.05, 0) is 44.4 Å². The van der Waals surface area contributed by atoms with Crippen LogP contribution in [0.3, 0.4) is 0 Å². The first-order valence-corrected chi connectivity index (χ1v) is 22.5. The molecule has 0 saturated carbocycles. The number of unbranched alkanes of at least 4 members (excludes halogenated alkanes) is 20. The molecule has 0 amide bonds. The van der Waals surface area contributed by atoms with Crippen LogP contribution >= 0.6 is 7.82 Å². The van der Waals surface area contributed by atoms with Crippen LogP contribution in [-0.2, 0) is 32.9 Å². The Morgan fingerprint density at radius 2 is 1.20 bits per heavy atom. The summed E-state index contributed by atoms with van der Waals surface area (Å²) in [7, 11) is -4.76. The molecule has 0 spiro atoms. The molecule has 1 aliphatic heterocycles. The van der Waals surface area contributed by atoms with Crippen molar-refractivity contribution < 1.29 is 42.7 Å². The summed E-state index contributed by atoms with van der Waals surface area (Å²) in [5.41, 5.74) is 0. The van der Waals surface area contributed by atoms with Crippen LogP contribution in [0, 0.1) is 5.92 Å². The van der Waals surface area contributed by atoms with E-state index in [-0.39, 0.29) is 19.4 Å². The predicted octanol–water partition coefficient (Wildman–Crippen LogP) is 11.5. The minimum Gasteiger partial charge on any atom is -0.462 e. The van der Waals surface area contributed by atoms with E-state index in [1.807, 2.05) is 0 Å². The third-order valence-corrected chi connectivity index (χ3v) is 10.1. The van der Waals surface area contributed by atoms with Gasteiger partial charge in [-0.15, -0.1) is 0 Å². The highest BCUT2D eigenvalue weighted by Crippen LogP contribution is 2.36. The van der Waals surface area contributed by atoms with Gasteiger partial charge in [0.1, 0.15) is 6.61 Å². The van der Waals surface area contributed by atoms with Crippen molar-refractivity contribution in [3.63, 3.8) is 0 Å². The molecule has 0 aromatic rings. The number of esters is 2. The molecule has 0 aromatic carbocycles. The molecule has 1 fully saturated rings. The molecular formula is C41H77O9P. The van der Waals surface area contributed by atoms with E-state index in [1.165, 1.54) is 96.3 Å². The van der Waals surface area contributed by atoms with Gasteiger partial charge in [0.05, 0.1) is 18.8 Å².